The van der Waals surface area contributed by atoms with Crippen molar-refractivity contribution in [3.05, 3.63) is 51.3 Å². The van der Waals surface area contributed by atoms with E-state index in [-0.39, 0.29) is 21.2 Å². The molecule has 4 nitrogen and oxygen atoms in total. The molecule has 0 fully saturated rings. The molecule has 19 heavy (non-hydrogen) atoms. The third-order valence-corrected chi connectivity index (χ3v) is 3.23. The zero-order chi connectivity index (χ0) is 14.0. The van der Waals surface area contributed by atoms with Crippen LogP contribution in [-0.4, -0.2) is 10.8 Å². The number of amidine groups is 1. The lowest BCUT2D eigenvalue weighted by molar-refractivity contribution is 0.461. The molecule has 7 heteroatoms. The Morgan fingerprint density at radius 1 is 1.42 bits per heavy atom. The van der Waals surface area contributed by atoms with Gasteiger partial charge in [0.15, 0.2) is 0 Å². The molecule has 0 unspecified atom stereocenters. The molecule has 0 atom stereocenters. The van der Waals surface area contributed by atoms with Crippen LogP contribution in [0.1, 0.15) is 5.56 Å². The Kier molecular flexibility index (Phi) is 4.01. The van der Waals surface area contributed by atoms with Crippen LogP contribution >= 0.6 is 27.5 Å². The summed E-state index contributed by atoms with van der Waals surface area (Å²) in [7, 11) is 0. The summed E-state index contributed by atoms with van der Waals surface area (Å²) in [4.78, 5) is 3.95. The minimum Gasteiger partial charge on any atom is -0.437 e. The maximum atomic E-state index is 13.1. The van der Waals surface area contributed by atoms with Gasteiger partial charge in [0.25, 0.3) is 0 Å². The highest BCUT2D eigenvalue weighted by atomic mass is 79.9. The van der Waals surface area contributed by atoms with Gasteiger partial charge in [-0.2, -0.15) is 0 Å². The number of aromatic nitrogens is 1. The fourth-order valence-corrected chi connectivity index (χ4v) is 1.97. The van der Waals surface area contributed by atoms with Crippen LogP contribution in [0.3, 0.4) is 0 Å². The molecule has 0 spiro atoms. The SMILES string of the molecule is N=C(N)c1ccnc(Oc2ccc(F)c(Br)c2)c1Cl. The Balaban J connectivity index is 2.35. The molecule has 1 aromatic carbocycles. The van der Waals surface area contributed by atoms with E-state index in [9.17, 15) is 4.39 Å². The second-order valence-corrected chi connectivity index (χ2v) is 4.80. The van der Waals surface area contributed by atoms with Crippen molar-refractivity contribution >= 4 is 33.4 Å². The number of rotatable bonds is 3. The van der Waals surface area contributed by atoms with Crippen LogP contribution in [0.5, 0.6) is 11.6 Å². The number of pyridine rings is 1. The van der Waals surface area contributed by atoms with Crippen molar-refractivity contribution in [1.29, 1.82) is 5.41 Å². The lowest BCUT2D eigenvalue weighted by Crippen LogP contribution is -2.12. The lowest BCUT2D eigenvalue weighted by atomic mass is 10.2. The fourth-order valence-electron chi connectivity index (χ4n) is 1.36. The summed E-state index contributed by atoms with van der Waals surface area (Å²) in [5, 5.41) is 7.50. The Labute approximate surface area is 122 Å². The minimum absolute atomic E-state index is 0.105. The van der Waals surface area contributed by atoms with E-state index in [1.807, 2.05) is 0 Å². The number of ether oxygens (including phenoxy) is 1. The predicted octanol–water partition coefficient (Wildman–Crippen LogP) is 3.71. The molecular formula is C12H8BrClFN3O. The quantitative estimate of drug-likeness (QED) is 0.658. The van der Waals surface area contributed by atoms with Gasteiger partial charge < -0.3 is 10.5 Å². The molecule has 0 amide bonds. The predicted molar refractivity (Wildman–Crippen MR) is 74.4 cm³/mol. The van der Waals surface area contributed by atoms with Crippen molar-refractivity contribution in [2.75, 3.05) is 0 Å². The molecule has 1 heterocycles. The van der Waals surface area contributed by atoms with Gasteiger partial charge in [-0.05, 0) is 40.2 Å². The molecule has 0 bridgehead atoms. The number of nitrogens with zero attached hydrogens (tertiary/aromatic N) is 1. The molecule has 0 aliphatic carbocycles. The van der Waals surface area contributed by atoms with Crippen molar-refractivity contribution in [2.45, 2.75) is 0 Å². The first-order valence-electron chi connectivity index (χ1n) is 5.11. The molecule has 1 aromatic heterocycles. The van der Waals surface area contributed by atoms with Crippen molar-refractivity contribution in [3.63, 3.8) is 0 Å². The summed E-state index contributed by atoms with van der Waals surface area (Å²) in [6.45, 7) is 0. The van der Waals surface area contributed by atoms with Crippen molar-refractivity contribution in [1.82, 2.24) is 4.98 Å². The van der Waals surface area contributed by atoms with Crippen LogP contribution in [0.4, 0.5) is 4.39 Å². The normalized spacial score (nSPS) is 10.3. The average molecular weight is 345 g/mol. The van der Waals surface area contributed by atoms with Gasteiger partial charge in [-0.3, -0.25) is 5.41 Å². The van der Waals surface area contributed by atoms with Gasteiger partial charge in [0.05, 0.1) is 4.47 Å². The van der Waals surface area contributed by atoms with Gasteiger partial charge in [0, 0.05) is 11.8 Å². The minimum atomic E-state index is -0.399. The van der Waals surface area contributed by atoms with Crippen molar-refractivity contribution in [2.24, 2.45) is 5.73 Å². The second kappa shape index (κ2) is 5.54. The summed E-state index contributed by atoms with van der Waals surface area (Å²) in [6.07, 6.45) is 1.43. The summed E-state index contributed by atoms with van der Waals surface area (Å²) in [5.41, 5.74) is 5.71. The third-order valence-electron chi connectivity index (χ3n) is 2.25. The number of halogens is 3. The molecule has 0 saturated carbocycles. The maximum Gasteiger partial charge on any atom is 0.238 e. The van der Waals surface area contributed by atoms with Crippen LogP contribution in [0.15, 0.2) is 34.9 Å². The monoisotopic (exact) mass is 343 g/mol. The smallest absolute Gasteiger partial charge is 0.238 e. The summed E-state index contributed by atoms with van der Waals surface area (Å²) in [5.74, 6) is -0.113. The van der Waals surface area contributed by atoms with Gasteiger partial charge >= 0.3 is 0 Å². The molecule has 0 radical (unpaired) electrons. The topological polar surface area (TPSA) is 72.0 Å². The molecule has 0 aliphatic rings. The van der Waals surface area contributed by atoms with E-state index >= 15 is 0 Å². The zero-order valence-corrected chi connectivity index (χ0v) is 11.8. The van der Waals surface area contributed by atoms with E-state index in [4.69, 9.17) is 27.5 Å². The summed E-state index contributed by atoms with van der Waals surface area (Å²) < 4.78 is 18.8. The van der Waals surface area contributed by atoms with E-state index < -0.39 is 5.82 Å². The van der Waals surface area contributed by atoms with Crippen LogP contribution in [0.2, 0.25) is 5.02 Å². The maximum absolute atomic E-state index is 13.1. The van der Waals surface area contributed by atoms with Gasteiger partial charge in [0.1, 0.15) is 22.4 Å². The van der Waals surface area contributed by atoms with E-state index in [0.29, 0.717) is 11.3 Å². The highest BCUT2D eigenvalue weighted by Gasteiger charge is 2.12. The van der Waals surface area contributed by atoms with Gasteiger partial charge in [-0.25, -0.2) is 9.37 Å². The zero-order valence-electron chi connectivity index (χ0n) is 9.45. The number of benzene rings is 1. The van der Waals surface area contributed by atoms with Gasteiger partial charge in [-0.15, -0.1) is 0 Å². The van der Waals surface area contributed by atoms with E-state index in [1.165, 1.54) is 30.5 Å². The molecule has 2 rings (SSSR count). The van der Waals surface area contributed by atoms with Crippen LogP contribution in [-0.2, 0) is 0 Å². The Hall–Kier alpha value is -1.66. The van der Waals surface area contributed by atoms with E-state index in [0.717, 1.165) is 0 Å². The number of hydrogen-bond donors (Lipinski definition) is 2. The van der Waals surface area contributed by atoms with Crippen LogP contribution < -0.4 is 10.5 Å². The summed E-state index contributed by atoms with van der Waals surface area (Å²) >= 11 is 9.08. The standard InChI is InChI=1S/C12H8BrClFN3O/c13-8-5-6(1-2-9(8)15)19-12-10(14)7(11(16)17)3-4-18-12/h1-5H,(H3,16,17). The second-order valence-electron chi connectivity index (χ2n) is 3.57. The fraction of sp³-hybridized carbons (Fsp3) is 0. The molecule has 3 N–H and O–H groups in total. The van der Waals surface area contributed by atoms with Crippen molar-refractivity contribution < 1.29 is 9.13 Å². The first kappa shape index (κ1) is 13.8. The van der Waals surface area contributed by atoms with Crippen molar-refractivity contribution in [3.8, 4) is 11.6 Å². The molecule has 98 valence electrons. The third kappa shape index (κ3) is 3.02. The molecular weight excluding hydrogens is 337 g/mol. The highest BCUT2D eigenvalue weighted by Crippen LogP contribution is 2.31. The molecule has 0 saturated heterocycles. The lowest BCUT2D eigenvalue weighted by Gasteiger charge is -2.09. The van der Waals surface area contributed by atoms with E-state index in [2.05, 4.69) is 20.9 Å². The molecule has 2 aromatic rings. The van der Waals surface area contributed by atoms with E-state index in [1.54, 1.807) is 0 Å². The highest BCUT2D eigenvalue weighted by molar-refractivity contribution is 9.10. The number of nitrogens with one attached hydrogen (secondary N) is 1. The Bertz CT molecular complexity index is 651. The number of hydrogen-bond acceptors (Lipinski definition) is 3. The first-order valence-corrected chi connectivity index (χ1v) is 6.28. The van der Waals surface area contributed by atoms with Gasteiger partial charge in [0.2, 0.25) is 5.88 Å². The first-order chi connectivity index (χ1) is 8.99. The Morgan fingerprint density at radius 3 is 2.79 bits per heavy atom. The Morgan fingerprint density at radius 2 is 2.16 bits per heavy atom. The van der Waals surface area contributed by atoms with Gasteiger partial charge in [-0.1, -0.05) is 11.6 Å². The van der Waals surface area contributed by atoms with Crippen LogP contribution in [0, 0.1) is 11.2 Å². The average Bonchev–Trinajstić information content (AvgIpc) is 2.36. The number of nitrogens with two attached hydrogens (primary N) is 1. The largest absolute Gasteiger partial charge is 0.437 e. The summed E-state index contributed by atoms with van der Waals surface area (Å²) in [6, 6.07) is 5.66. The molecule has 0 aliphatic heterocycles. The number of nitrogen functional groups attached to an aromatic ring is 1. The van der Waals surface area contributed by atoms with Crippen LogP contribution in [0.25, 0.3) is 0 Å².